The van der Waals surface area contributed by atoms with E-state index in [0.29, 0.717) is 11.4 Å². The molecule has 2 N–H and O–H groups in total. The highest BCUT2D eigenvalue weighted by molar-refractivity contribution is 5.99. The molecule has 0 radical (unpaired) electrons. The SMILES string of the molecule is CC(C)C(O)(C(=O)NN(C(=O)COc1ccccc1)c1ccccc1)C(C)C. The molecule has 0 aliphatic rings. The number of hydrazine groups is 1. The molecule has 2 aromatic carbocycles. The van der Waals surface area contributed by atoms with Crippen molar-refractivity contribution in [3.8, 4) is 5.75 Å². The summed E-state index contributed by atoms with van der Waals surface area (Å²) < 4.78 is 5.53. The van der Waals surface area contributed by atoms with Gasteiger partial charge in [0.2, 0.25) is 0 Å². The van der Waals surface area contributed by atoms with Crippen LogP contribution >= 0.6 is 0 Å². The molecule has 2 rings (SSSR count). The number of hydrogen-bond acceptors (Lipinski definition) is 4. The molecule has 0 heterocycles. The van der Waals surface area contributed by atoms with Crippen molar-refractivity contribution in [1.29, 1.82) is 0 Å². The van der Waals surface area contributed by atoms with E-state index in [1.54, 1.807) is 64.1 Å². The van der Waals surface area contributed by atoms with E-state index < -0.39 is 17.4 Å². The van der Waals surface area contributed by atoms with Crippen molar-refractivity contribution in [1.82, 2.24) is 5.43 Å². The van der Waals surface area contributed by atoms with Gasteiger partial charge in [-0.25, -0.2) is 5.01 Å². The van der Waals surface area contributed by atoms with Gasteiger partial charge in [0.1, 0.15) is 11.4 Å². The van der Waals surface area contributed by atoms with Gasteiger partial charge >= 0.3 is 0 Å². The number of ether oxygens (including phenoxy) is 1. The van der Waals surface area contributed by atoms with Crippen LogP contribution in [0.2, 0.25) is 0 Å². The van der Waals surface area contributed by atoms with Crippen LogP contribution in [0.5, 0.6) is 5.75 Å². The largest absolute Gasteiger partial charge is 0.484 e. The normalized spacial score (nSPS) is 11.4. The lowest BCUT2D eigenvalue weighted by Gasteiger charge is -2.36. The summed E-state index contributed by atoms with van der Waals surface area (Å²) in [5, 5.41) is 12.1. The fourth-order valence-corrected chi connectivity index (χ4v) is 2.96. The van der Waals surface area contributed by atoms with Gasteiger partial charge in [-0.05, 0) is 36.1 Å². The van der Waals surface area contributed by atoms with Gasteiger partial charge in [0.25, 0.3) is 11.8 Å². The predicted octanol–water partition coefficient (Wildman–Crippen LogP) is 3.17. The monoisotopic (exact) mass is 384 g/mol. The zero-order valence-corrected chi connectivity index (χ0v) is 16.8. The first-order valence-corrected chi connectivity index (χ1v) is 9.36. The Labute approximate surface area is 166 Å². The minimum absolute atomic E-state index is 0.263. The van der Waals surface area contributed by atoms with Crippen molar-refractivity contribution < 1.29 is 19.4 Å². The zero-order chi connectivity index (χ0) is 20.7. The molecule has 0 aliphatic heterocycles. The lowest BCUT2D eigenvalue weighted by atomic mass is 9.80. The van der Waals surface area contributed by atoms with Crippen LogP contribution < -0.4 is 15.2 Å². The number of rotatable bonds is 7. The summed E-state index contributed by atoms with van der Waals surface area (Å²) in [5.74, 6) is -1.20. The van der Waals surface area contributed by atoms with E-state index in [4.69, 9.17) is 4.74 Å². The van der Waals surface area contributed by atoms with Crippen molar-refractivity contribution in [3.05, 3.63) is 60.7 Å². The Morgan fingerprint density at radius 3 is 1.96 bits per heavy atom. The predicted molar refractivity (Wildman–Crippen MR) is 109 cm³/mol. The lowest BCUT2D eigenvalue weighted by Crippen LogP contribution is -2.60. The van der Waals surface area contributed by atoms with Crippen molar-refractivity contribution in [3.63, 3.8) is 0 Å². The molecule has 0 atom stereocenters. The molecule has 2 aromatic rings. The summed E-state index contributed by atoms with van der Waals surface area (Å²) in [4.78, 5) is 25.7. The number of anilines is 1. The van der Waals surface area contributed by atoms with Crippen LogP contribution in [-0.4, -0.2) is 29.1 Å². The number of benzene rings is 2. The molecule has 2 amide bonds. The second kappa shape index (κ2) is 9.37. The number of aliphatic hydroxyl groups is 1. The molecule has 150 valence electrons. The van der Waals surface area contributed by atoms with Crippen LogP contribution in [0, 0.1) is 11.8 Å². The van der Waals surface area contributed by atoms with Gasteiger partial charge < -0.3 is 9.84 Å². The Hall–Kier alpha value is -2.86. The van der Waals surface area contributed by atoms with E-state index in [1.807, 2.05) is 24.3 Å². The second-order valence-corrected chi connectivity index (χ2v) is 7.24. The van der Waals surface area contributed by atoms with Crippen molar-refractivity contribution in [2.24, 2.45) is 11.8 Å². The Bertz CT molecular complexity index is 768. The highest BCUT2D eigenvalue weighted by atomic mass is 16.5. The molecule has 0 bridgehead atoms. The minimum atomic E-state index is -1.62. The number of nitrogens with zero attached hydrogens (tertiary/aromatic N) is 1. The Morgan fingerprint density at radius 1 is 0.964 bits per heavy atom. The van der Waals surface area contributed by atoms with Gasteiger partial charge in [0.15, 0.2) is 6.61 Å². The van der Waals surface area contributed by atoms with E-state index in [2.05, 4.69) is 5.43 Å². The van der Waals surface area contributed by atoms with Crippen LogP contribution in [0.4, 0.5) is 5.69 Å². The summed E-state index contributed by atoms with van der Waals surface area (Å²) in [6.45, 7) is 6.82. The van der Waals surface area contributed by atoms with Crippen LogP contribution in [-0.2, 0) is 9.59 Å². The average molecular weight is 384 g/mol. The van der Waals surface area contributed by atoms with Gasteiger partial charge in [-0.3, -0.25) is 15.0 Å². The summed E-state index contributed by atoms with van der Waals surface area (Å²) >= 11 is 0. The summed E-state index contributed by atoms with van der Waals surface area (Å²) in [5.41, 5.74) is 1.45. The van der Waals surface area contributed by atoms with Crippen molar-refractivity contribution in [2.75, 3.05) is 11.6 Å². The standard InChI is InChI=1S/C22H28N2O4/c1-16(2)22(27,17(3)4)21(26)23-24(18-11-7-5-8-12-18)20(25)15-28-19-13-9-6-10-14-19/h5-14,16-17,27H,15H2,1-4H3,(H,23,26). The molecule has 6 nitrogen and oxygen atoms in total. The summed E-state index contributed by atoms with van der Waals surface area (Å²) in [6, 6.07) is 17.7. The molecule has 0 unspecified atom stereocenters. The highest BCUT2D eigenvalue weighted by Gasteiger charge is 2.43. The van der Waals surface area contributed by atoms with E-state index in [0.717, 1.165) is 5.01 Å². The molecule has 0 aromatic heterocycles. The number of hydrogen-bond donors (Lipinski definition) is 2. The van der Waals surface area contributed by atoms with E-state index in [-0.39, 0.29) is 18.4 Å². The third-order valence-corrected chi connectivity index (χ3v) is 4.71. The van der Waals surface area contributed by atoms with Gasteiger partial charge in [0.05, 0.1) is 5.69 Å². The molecule has 28 heavy (non-hydrogen) atoms. The van der Waals surface area contributed by atoms with Crippen molar-refractivity contribution in [2.45, 2.75) is 33.3 Å². The first kappa shape index (κ1) is 21.4. The topological polar surface area (TPSA) is 78.9 Å². The maximum atomic E-state index is 12.9. The van der Waals surface area contributed by atoms with Gasteiger partial charge in [-0.2, -0.15) is 0 Å². The number of para-hydroxylation sites is 2. The number of carbonyl (C=O) groups is 2. The van der Waals surface area contributed by atoms with Crippen molar-refractivity contribution >= 4 is 17.5 Å². The zero-order valence-electron chi connectivity index (χ0n) is 16.8. The molecular weight excluding hydrogens is 356 g/mol. The third-order valence-electron chi connectivity index (χ3n) is 4.71. The second-order valence-electron chi connectivity index (χ2n) is 7.24. The lowest BCUT2D eigenvalue weighted by molar-refractivity contribution is -0.151. The average Bonchev–Trinajstić information content (AvgIpc) is 2.70. The molecule has 0 saturated carbocycles. The van der Waals surface area contributed by atoms with Crippen LogP contribution in [0.1, 0.15) is 27.7 Å². The molecular formula is C22H28N2O4. The van der Waals surface area contributed by atoms with Gasteiger partial charge in [-0.15, -0.1) is 0 Å². The molecule has 0 aliphatic carbocycles. The molecule has 0 spiro atoms. The fourth-order valence-electron chi connectivity index (χ4n) is 2.96. The van der Waals surface area contributed by atoms with Gasteiger partial charge in [-0.1, -0.05) is 64.1 Å². The highest BCUT2D eigenvalue weighted by Crippen LogP contribution is 2.27. The van der Waals surface area contributed by atoms with Crippen LogP contribution in [0.25, 0.3) is 0 Å². The maximum Gasteiger partial charge on any atom is 0.283 e. The van der Waals surface area contributed by atoms with E-state index >= 15 is 0 Å². The van der Waals surface area contributed by atoms with E-state index in [9.17, 15) is 14.7 Å². The molecule has 0 fully saturated rings. The van der Waals surface area contributed by atoms with Crippen LogP contribution in [0.3, 0.4) is 0 Å². The summed E-state index contributed by atoms with van der Waals surface area (Å²) in [6.07, 6.45) is 0. The van der Waals surface area contributed by atoms with Gasteiger partial charge in [0, 0.05) is 0 Å². The number of carbonyl (C=O) groups excluding carboxylic acids is 2. The quantitative estimate of drug-likeness (QED) is 0.719. The first-order chi connectivity index (χ1) is 13.3. The third kappa shape index (κ3) is 4.89. The summed E-state index contributed by atoms with van der Waals surface area (Å²) in [7, 11) is 0. The number of nitrogens with one attached hydrogen (secondary N) is 1. The Morgan fingerprint density at radius 2 is 1.46 bits per heavy atom. The maximum absolute atomic E-state index is 12.9. The smallest absolute Gasteiger partial charge is 0.283 e. The molecule has 0 saturated heterocycles. The minimum Gasteiger partial charge on any atom is -0.484 e. The first-order valence-electron chi connectivity index (χ1n) is 9.36. The Kier molecular flexibility index (Phi) is 7.18. The number of amides is 2. The van der Waals surface area contributed by atoms with Crippen LogP contribution in [0.15, 0.2) is 60.7 Å². The molecule has 6 heteroatoms. The van der Waals surface area contributed by atoms with E-state index in [1.165, 1.54) is 0 Å². The Balaban J connectivity index is 2.22. The fraction of sp³-hybridized carbons (Fsp3) is 0.364.